The van der Waals surface area contributed by atoms with Crippen molar-refractivity contribution in [2.45, 2.75) is 45.5 Å². The maximum atomic E-state index is 14.5. The number of hydrogen-bond acceptors (Lipinski definition) is 14. The van der Waals surface area contributed by atoms with Crippen molar-refractivity contribution >= 4 is 29.8 Å². The van der Waals surface area contributed by atoms with Gasteiger partial charge >= 0.3 is 29.8 Å². The lowest BCUT2D eigenvalue weighted by atomic mass is 10.0. The van der Waals surface area contributed by atoms with Gasteiger partial charge in [0.2, 0.25) is 0 Å². The van der Waals surface area contributed by atoms with Crippen molar-refractivity contribution in [2.24, 2.45) is 0 Å². The molecule has 0 aliphatic carbocycles. The number of rotatable bonds is 28. The van der Waals surface area contributed by atoms with Crippen molar-refractivity contribution in [1.82, 2.24) is 14.7 Å². The normalized spacial score (nSPS) is 11.5. The fourth-order valence-electron chi connectivity index (χ4n) is 7.30. The highest BCUT2D eigenvalue weighted by molar-refractivity contribution is 5.77. The molecular formula is C56H59N3O11. The van der Waals surface area contributed by atoms with Crippen molar-refractivity contribution in [3.05, 3.63) is 209 Å². The molecule has 6 aromatic carbocycles. The Hall–Kier alpha value is -7.65. The Morgan fingerprint density at radius 2 is 0.643 bits per heavy atom. The first kappa shape index (κ1) is 51.7. The number of aromatic hydroxyl groups is 1. The molecule has 1 N–H and O–H groups in total. The Morgan fingerprint density at radius 3 is 0.943 bits per heavy atom. The van der Waals surface area contributed by atoms with Crippen LogP contribution < -0.4 is 0 Å². The first-order chi connectivity index (χ1) is 34.1. The molecule has 1 atom stereocenters. The monoisotopic (exact) mass is 949 g/mol. The highest BCUT2D eigenvalue weighted by Crippen LogP contribution is 2.17. The minimum atomic E-state index is -0.970. The van der Waals surface area contributed by atoms with Crippen LogP contribution in [0.2, 0.25) is 0 Å². The number of phenolic OH excluding ortho intramolecular Hbond substituents is 1. The van der Waals surface area contributed by atoms with Crippen LogP contribution in [0.15, 0.2) is 176 Å². The molecule has 6 rings (SSSR count). The molecule has 364 valence electrons. The molecule has 0 fully saturated rings. The van der Waals surface area contributed by atoms with Gasteiger partial charge in [0.25, 0.3) is 0 Å². The topological polar surface area (TPSA) is 161 Å². The summed E-state index contributed by atoms with van der Waals surface area (Å²) in [6, 6.07) is 51.6. The second-order valence-corrected chi connectivity index (χ2v) is 16.5. The van der Waals surface area contributed by atoms with Gasteiger partial charge in [-0.15, -0.1) is 0 Å². The molecule has 0 aliphatic rings. The van der Waals surface area contributed by atoms with Gasteiger partial charge in [0.1, 0.15) is 44.8 Å². The Bertz CT molecular complexity index is 2260. The Morgan fingerprint density at radius 1 is 0.357 bits per heavy atom. The van der Waals surface area contributed by atoms with Gasteiger partial charge in [-0.3, -0.25) is 38.7 Å². The molecule has 0 unspecified atom stereocenters. The van der Waals surface area contributed by atoms with Crippen LogP contribution in [-0.2, 0) is 87.1 Å². The molecule has 0 bridgehead atoms. The van der Waals surface area contributed by atoms with E-state index in [1.807, 2.05) is 157 Å². The number of carbonyl (C=O) groups excluding carboxylic acids is 5. The van der Waals surface area contributed by atoms with Crippen LogP contribution in [0, 0.1) is 0 Å². The Labute approximate surface area is 408 Å². The number of esters is 5. The van der Waals surface area contributed by atoms with E-state index in [9.17, 15) is 29.1 Å². The van der Waals surface area contributed by atoms with E-state index >= 15 is 0 Å². The summed E-state index contributed by atoms with van der Waals surface area (Å²) < 4.78 is 28.5. The average Bonchev–Trinajstić information content (AvgIpc) is 3.39. The van der Waals surface area contributed by atoms with Crippen LogP contribution >= 0.6 is 0 Å². The lowest BCUT2D eigenvalue weighted by Crippen LogP contribution is -2.51. The van der Waals surface area contributed by atoms with E-state index in [2.05, 4.69) is 0 Å². The molecule has 0 aromatic heterocycles. The predicted molar refractivity (Wildman–Crippen MR) is 261 cm³/mol. The predicted octanol–water partition coefficient (Wildman–Crippen LogP) is 6.93. The number of phenols is 1. The summed E-state index contributed by atoms with van der Waals surface area (Å²) in [7, 11) is 0. The quantitative estimate of drug-likeness (QED) is 0.0398. The summed E-state index contributed by atoms with van der Waals surface area (Å²) >= 11 is 0. The van der Waals surface area contributed by atoms with E-state index in [1.54, 1.807) is 21.9 Å². The summed E-state index contributed by atoms with van der Waals surface area (Å²) in [5.41, 5.74) is 4.65. The van der Waals surface area contributed by atoms with Gasteiger partial charge in [0, 0.05) is 26.2 Å². The molecule has 14 heteroatoms. The highest BCUT2D eigenvalue weighted by Gasteiger charge is 2.30. The van der Waals surface area contributed by atoms with Crippen molar-refractivity contribution in [3.63, 3.8) is 0 Å². The summed E-state index contributed by atoms with van der Waals surface area (Å²) in [6.07, 6.45) is 0.129. The summed E-state index contributed by atoms with van der Waals surface area (Å²) in [5.74, 6) is -2.84. The molecule has 0 spiro atoms. The maximum Gasteiger partial charge on any atom is 0.324 e. The van der Waals surface area contributed by atoms with Crippen LogP contribution in [0.5, 0.6) is 5.75 Å². The third-order valence-electron chi connectivity index (χ3n) is 11.1. The molecule has 14 nitrogen and oxygen atoms in total. The third-order valence-corrected chi connectivity index (χ3v) is 11.1. The third kappa shape index (κ3) is 19.2. The first-order valence-electron chi connectivity index (χ1n) is 23.1. The molecule has 0 saturated heterocycles. The molecule has 0 aliphatic heterocycles. The van der Waals surface area contributed by atoms with Crippen LogP contribution in [0.25, 0.3) is 0 Å². The van der Waals surface area contributed by atoms with E-state index in [0.29, 0.717) is 5.56 Å². The second kappa shape index (κ2) is 28.6. The standard InChI is InChI=1S/C56H59N3O11/c60-50-28-26-44(27-29-50)34-51(56(65)70-43-49-24-14-5-15-25-49)59(32-30-57(35-52(61)66-39-45-16-6-1-7-17-45)36-53(62)67-40-46-18-8-2-9-19-46)33-31-58(37-54(63)68-41-47-20-10-3-11-21-47)38-55(64)69-42-48-22-12-4-13-23-48/h1-29,51,60H,30-43H2/t51-/m0/s1. The van der Waals surface area contributed by atoms with E-state index in [-0.39, 0.29) is 97.6 Å². The number of benzene rings is 6. The lowest BCUT2D eigenvalue weighted by molar-refractivity contribution is -0.154. The first-order valence-corrected chi connectivity index (χ1v) is 23.1. The molecule has 0 amide bonds. The van der Waals surface area contributed by atoms with Crippen molar-refractivity contribution in [1.29, 1.82) is 0 Å². The Balaban J connectivity index is 1.26. The summed E-state index contributed by atoms with van der Waals surface area (Å²) in [5, 5.41) is 10.1. The van der Waals surface area contributed by atoms with Crippen LogP contribution in [0.3, 0.4) is 0 Å². The fraction of sp³-hybridized carbons (Fsp3) is 0.268. The Kier molecular flexibility index (Phi) is 21.2. The zero-order valence-corrected chi connectivity index (χ0v) is 39.1. The van der Waals surface area contributed by atoms with Gasteiger partial charge < -0.3 is 28.8 Å². The number of nitrogens with zero attached hydrogens (tertiary/aromatic N) is 3. The highest BCUT2D eigenvalue weighted by atomic mass is 16.6. The summed E-state index contributed by atoms with van der Waals surface area (Å²) in [6.45, 7) is -0.734. The molecule has 0 saturated carbocycles. The molecule has 70 heavy (non-hydrogen) atoms. The number of hydrogen-bond donors (Lipinski definition) is 1. The van der Waals surface area contributed by atoms with Crippen LogP contribution in [0.4, 0.5) is 0 Å². The number of ether oxygens (including phenoxy) is 5. The van der Waals surface area contributed by atoms with Crippen molar-refractivity contribution < 1.29 is 52.8 Å². The van der Waals surface area contributed by atoms with Gasteiger partial charge in [0.15, 0.2) is 0 Å². The van der Waals surface area contributed by atoms with Gasteiger partial charge in [-0.2, -0.15) is 0 Å². The van der Waals surface area contributed by atoms with Crippen LogP contribution in [0.1, 0.15) is 33.4 Å². The van der Waals surface area contributed by atoms with E-state index in [4.69, 9.17) is 23.7 Å². The molecule has 6 aromatic rings. The van der Waals surface area contributed by atoms with Gasteiger partial charge in [-0.25, -0.2) is 0 Å². The smallest absolute Gasteiger partial charge is 0.324 e. The van der Waals surface area contributed by atoms with E-state index in [1.165, 1.54) is 12.1 Å². The van der Waals surface area contributed by atoms with Gasteiger partial charge in [-0.05, 0) is 51.9 Å². The zero-order valence-electron chi connectivity index (χ0n) is 39.1. The van der Waals surface area contributed by atoms with Crippen LogP contribution in [-0.4, -0.2) is 108 Å². The largest absolute Gasteiger partial charge is 0.508 e. The van der Waals surface area contributed by atoms with Gasteiger partial charge in [0.05, 0.1) is 26.2 Å². The SMILES string of the molecule is O=C(CN(CCN(CCN(CC(=O)OCc1ccccc1)CC(=O)OCc1ccccc1)[C@@H](Cc1ccc(O)cc1)C(=O)OCc1ccccc1)CC(=O)OCc1ccccc1)OCc1ccccc1. The lowest BCUT2D eigenvalue weighted by Gasteiger charge is -2.34. The molecule has 0 heterocycles. The number of carbonyl (C=O) groups is 5. The van der Waals surface area contributed by atoms with Crippen molar-refractivity contribution in [2.75, 3.05) is 52.4 Å². The maximum absolute atomic E-state index is 14.5. The zero-order chi connectivity index (χ0) is 49.2. The fourth-order valence-corrected chi connectivity index (χ4v) is 7.30. The molecule has 0 radical (unpaired) electrons. The minimum absolute atomic E-state index is 0.0150. The summed E-state index contributed by atoms with van der Waals surface area (Å²) in [4.78, 5) is 73.3. The second-order valence-electron chi connectivity index (χ2n) is 16.5. The molecular weight excluding hydrogens is 891 g/mol. The van der Waals surface area contributed by atoms with E-state index < -0.39 is 35.9 Å². The average molecular weight is 950 g/mol. The minimum Gasteiger partial charge on any atom is -0.508 e. The van der Waals surface area contributed by atoms with Gasteiger partial charge in [-0.1, -0.05) is 164 Å². The van der Waals surface area contributed by atoms with Crippen molar-refractivity contribution in [3.8, 4) is 5.75 Å². The van der Waals surface area contributed by atoms with E-state index in [0.717, 1.165) is 27.8 Å².